The monoisotopic (exact) mass is 335 g/mol. The summed E-state index contributed by atoms with van der Waals surface area (Å²) < 4.78 is 0. The number of nitrogens with one attached hydrogen (secondary N) is 1. The molecule has 1 saturated heterocycles. The highest BCUT2D eigenvalue weighted by Crippen LogP contribution is 2.45. The third kappa shape index (κ3) is 2.91. The molecule has 4 heteroatoms. The summed E-state index contributed by atoms with van der Waals surface area (Å²) in [4.78, 5) is 17.5. The quantitative estimate of drug-likeness (QED) is 0.914. The number of amides is 1. The van der Waals surface area contributed by atoms with Crippen LogP contribution in [0.2, 0.25) is 0 Å². The van der Waals surface area contributed by atoms with Crippen LogP contribution in [0.25, 0.3) is 0 Å². The third-order valence-electron chi connectivity index (χ3n) is 5.58. The normalized spacial score (nSPS) is 22.9. The summed E-state index contributed by atoms with van der Waals surface area (Å²) in [5.74, 6) is -0.0390. The van der Waals surface area contributed by atoms with E-state index >= 15 is 0 Å². The van der Waals surface area contributed by atoms with Gasteiger partial charge in [-0.3, -0.25) is 4.79 Å². The molecule has 1 amide bonds. The molecule has 2 aromatic carbocycles. The topological polar surface area (TPSA) is 35.6 Å². The lowest BCUT2D eigenvalue weighted by molar-refractivity contribution is 0.102. The summed E-state index contributed by atoms with van der Waals surface area (Å²) >= 11 is 0. The first kappa shape index (κ1) is 16.2. The van der Waals surface area contributed by atoms with Gasteiger partial charge in [-0.25, -0.2) is 0 Å². The molecule has 2 heterocycles. The highest BCUT2D eigenvalue weighted by molar-refractivity contribution is 6.04. The number of fused-ring (bicyclic) bond motifs is 2. The predicted molar refractivity (Wildman–Crippen MR) is 103 cm³/mol. The Morgan fingerprint density at radius 3 is 2.64 bits per heavy atom. The average molecular weight is 335 g/mol. The standard InChI is InChI=1S/C21H25N3O/c1-23-12-6-11-21(14-23)15-24(2)19-10-9-16(13-18(19)21)20(25)22-17-7-4-3-5-8-17/h3-5,7-10,13H,6,11-12,14-15H2,1-2H3,(H,22,25). The number of anilines is 2. The molecular weight excluding hydrogens is 310 g/mol. The van der Waals surface area contributed by atoms with Gasteiger partial charge in [-0.2, -0.15) is 0 Å². The molecule has 1 fully saturated rings. The van der Waals surface area contributed by atoms with E-state index in [1.807, 2.05) is 36.4 Å². The van der Waals surface area contributed by atoms with Crippen LogP contribution in [0.3, 0.4) is 0 Å². The van der Waals surface area contributed by atoms with Gasteiger partial charge in [-0.1, -0.05) is 18.2 Å². The highest BCUT2D eigenvalue weighted by atomic mass is 16.1. The molecule has 130 valence electrons. The van der Waals surface area contributed by atoms with Crippen molar-refractivity contribution in [1.29, 1.82) is 0 Å². The van der Waals surface area contributed by atoms with Crippen LogP contribution in [-0.2, 0) is 5.41 Å². The molecule has 25 heavy (non-hydrogen) atoms. The fourth-order valence-corrected chi connectivity index (χ4v) is 4.50. The number of hydrogen-bond acceptors (Lipinski definition) is 3. The van der Waals surface area contributed by atoms with Crippen LogP contribution >= 0.6 is 0 Å². The van der Waals surface area contributed by atoms with Gasteiger partial charge < -0.3 is 15.1 Å². The highest BCUT2D eigenvalue weighted by Gasteiger charge is 2.43. The van der Waals surface area contributed by atoms with Gasteiger partial charge in [-0.15, -0.1) is 0 Å². The molecule has 1 unspecified atom stereocenters. The summed E-state index contributed by atoms with van der Waals surface area (Å²) in [7, 11) is 4.36. The van der Waals surface area contributed by atoms with Gasteiger partial charge in [0.2, 0.25) is 0 Å². The molecule has 4 nitrogen and oxygen atoms in total. The number of para-hydroxylation sites is 1. The Kier molecular flexibility index (Phi) is 4.00. The van der Waals surface area contributed by atoms with Crippen LogP contribution in [0.5, 0.6) is 0 Å². The fraction of sp³-hybridized carbons (Fsp3) is 0.381. The number of rotatable bonds is 2. The lowest BCUT2D eigenvalue weighted by Gasteiger charge is -2.39. The Hall–Kier alpha value is -2.33. The summed E-state index contributed by atoms with van der Waals surface area (Å²) in [5.41, 5.74) is 4.33. The Morgan fingerprint density at radius 1 is 1.08 bits per heavy atom. The lowest BCUT2D eigenvalue weighted by atomic mass is 9.75. The number of piperidine rings is 1. The zero-order chi connectivity index (χ0) is 17.4. The van der Waals surface area contributed by atoms with Crippen LogP contribution in [-0.4, -0.2) is 44.5 Å². The maximum atomic E-state index is 12.7. The largest absolute Gasteiger partial charge is 0.373 e. The summed E-state index contributed by atoms with van der Waals surface area (Å²) in [6.45, 7) is 3.26. The van der Waals surface area contributed by atoms with E-state index in [0.717, 1.165) is 30.9 Å². The molecule has 0 aromatic heterocycles. The maximum absolute atomic E-state index is 12.7. The second-order valence-corrected chi connectivity index (χ2v) is 7.53. The number of carbonyl (C=O) groups excluding carboxylic acids is 1. The number of nitrogens with zero attached hydrogens (tertiary/aromatic N) is 2. The Morgan fingerprint density at radius 2 is 1.88 bits per heavy atom. The molecule has 0 saturated carbocycles. The fourth-order valence-electron chi connectivity index (χ4n) is 4.50. The summed E-state index contributed by atoms with van der Waals surface area (Å²) in [5, 5.41) is 3.00. The van der Waals surface area contributed by atoms with Crippen molar-refractivity contribution in [2.75, 3.05) is 43.9 Å². The number of likely N-dealkylation sites (N-methyl/N-ethyl adjacent to an activating group) is 2. The third-order valence-corrected chi connectivity index (χ3v) is 5.58. The first-order valence-electron chi connectivity index (χ1n) is 8.98. The van der Waals surface area contributed by atoms with E-state index in [2.05, 4.69) is 41.3 Å². The second-order valence-electron chi connectivity index (χ2n) is 7.53. The first-order chi connectivity index (χ1) is 12.1. The lowest BCUT2D eigenvalue weighted by Crippen LogP contribution is -2.46. The van der Waals surface area contributed by atoms with Gasteiger partial charge in [0.15, 0.2) is 0 Å². The minimum Gasteiger partial charge on any atom is -0.373 e. The van der Waals surface area contributed by atoms with Gasteiger partial charge in [0, 0.05) is 42.5 Å². The molecule has 0 bridgehead atoms. The Balaban J connectivity index is 1.66. The number of hydrogen-bond donors (Lipinski definition) is 1. The van der Waals surface area contributed by atoms with E-state index in [9.17, 15) is 4.79 Å². The van der Waals surface area contributed by atoms with Crippen LogP contribution in [0.4, 0.5) is 11.4 Å². The van der Waals surface area contributed by atoms with Crippen molar-refractivity contribution in [2.24, 2.45) is 0 Å². The average Bonchev–Trinajstić information content (AvgIpc) is 2.87. The molecule has 1 spiro atoms. The van der Waals surface area contributed by atoms with E-state index < -0.39 is 0 Å². The molecule has 2 aromatic rings. The number of likely N-dealkylation sites (tertiary alicyclic amines) is 1. The van der Waals surface area contributed by atoms with E-state index in [0.29, 0.717) is 0 Å². The summed E-state index contributed by atoms with van der Waals surface area (Å²) in [6.07, 6.45) is 2.41. The zero-order valence-corrected chi connectivity index (χ0v) is 15.0. The number of carbonyl (C=O) groups is 1. The van der Waals surface area contributed by atoms with Crippen molar-refractivity contribution in [2.45, 2.75) is 18.3 Å². The van der Waals surface area contributed by atoms with Crippen molar-refractivity contribution in [1.82, 2.24) is 4.90 Å². The minimum absolute atomic E-state index is 0.0390. The molecule has 1 atom stereocenters. The molecule has 1 N–H and O–H groups in total. The SMILES string of the molecule is CN1CCCC2(C1)CN(C)c1ccc(C(=O)Nc3ccccc3)cc12. The van der Waals surface area contributed by atoms with E-state index in [-0.39, 0.29) is 11.3 Å². The van der Waals surface area contributed by atoms with E-state index in [1.165, 1.54) is 24.1 Å². The zero-order valence-electron chi connectivity index (χ0n) is 15.0. The molecule has 4 rings (SSSR count). The van der Waals surface area contributed by atoms with Gasteiger partial charge >= 0.3 is 0 Å². The van der Waals surface area contributed by atoms with Gasteiger partial charge in [0.1, 0.15) is 0 Å². The molecule has 2 aliphatic heterocycles. The van der Waals surface area contributed by atoms with Crippen molar-refractivity contribution >= 4 is 17.3 Å². The van der Waals surface area contributed by atoms with Crippen LogP contribution in [0.1, 0.15) is 28.8 Å². The number of benzene rings is 2. The Labute approximate surface area is 149 Å². The second kappa shape index (κ2) is 6.19. The minimum atomic E-state index is -0.0390. The van der Waals surface area contributed by atoms with Crippen molar-refractivity contribution < 1.29 is 4.79 Å². The van der Waals surface area contributed by atoms with Crippen molar-refractivity contribution in [3.63, 3.8) is 0 Å². The van der Waals surface area contributed by atoms with E-state index in [1.54, 1.807) is 0 Å². The smallest absolute Gasteiger partial charge is 0.255 e. The van der Waals surface area contributed by atoms with Crippen LogP contribution in [0.15, 0.2) is 48.5 Å². The first-order valence-corrected chi connectivity index (χ1v) is 8.98. The van der Waals surface area contributed by atoms with Crippen LogP contribution in [0, 0.1) is 0 Å². The molecule has 0 aliphatic carbocycles. The predicted octanol–water partition coefficient (Wildman–Crippen LogP) is 3.35. The molecule has 0 radical (unpaired) electrons. The van der Waals surface area contributed by atoms with Crippen molar-refractivity contribution in [3.8, 4) is 0 Å². The Bertz CT molecular complexity index is 785. The van der Waals surface area contributed by atoms with E-state index in [4.69, 9.17) is 0 Å². The van der Waals surface area contributed by atoms with Gasteiger partial charge in [0.05, 0.1) is 0 Å². The van der Waals surface area contributed by atoms with Gasteiger partial charge in [-0.05, 0) is 62.3 Å². The van der Waals surface area contributed by atoms with Crippen LogP contribution < -0.4 is 10.2 Å². The molecular formula is C21H25N3O. The maximum Gasteiger partial charge on any atom is 0.255 e. The van der Waals surface area contributed by atoms with Crippen molar-refractivity contribution in [3.05, 3.63) is 59.7 Å². The summed E-state index contributed by atoms with van der Waals surface area (Å²) in [6, 6.07) is 15.8. The molecule has 2 aliphatic rings. The van der Waals surface area contributed by atoms with Gasteiger partial charge in [0.25, 0.3) is 5.91 Å².